The summed E-state index contributed by atoms with van der Waals surface area (Å²) in [5.41, 5.74) is 3.51. The minimum atomic E-state index is -2.83. The zero-order valence-corrected chi connectivity index (χ0v) is 13.3. The molecule has 1 aromatic carbocycles. The molecule has 2 unspecified atom stereocenters. The van der Waals surface area contributed by atoms with Gasteiger partial charge in [-0.15, -0.1) is 0 Å². The smallest absolute Gasteiger partial charge is 0.235 e. The van der Waals surface area contributed by atoms with Crippen LogP contribution in [0.5, 0.6) is 0 Å². The summed E-state index contributed by atoms with van der Waals surface area (Å²) in [6.45, 7) is 10.7. The molecule has 0 N–H and O–H groups in total. The van der Waals surface area contributed by atoms with Crippen LogP contribution in [-0.2, 0) is 13.8 Å². The Bertz CT molecular complexity index is 510. The zero-order chi connectivity index (χ0) is 14.2. The van der Waals surface area contributed by atoms with Gasteiger partial charge in [-0.1, -0.05) is 6.07 Å². The topological polar surface area (TPSA) is 38.8 Å². The van der Waals surface area contributed by atoms with Crippen molar-refractivity contribution in [3.05, 3.63) is 28.8 Å². The third-order valence-corrected chi connectivity index (χ3v) is 6.49. The van der Waals surface area contributed by atoms with Gasteiger partial charge in [-0.05, 0) is 57.4 Å². The van der Waals surface area contributed by atoms with Crippen molar-refractivity contribution < 1.29 is 13.8 Å². The summed E-state index contributed by atoms with van der Waals surface area (Å²) in [5, 5.41) is 0.861. The second kappa shape index (κ2) is 5.40. The van der Waals surface area contributed by atoms with Crippen LogP contribution in [0.25, 0.3) is 0 Å². The van der Waals surface area contributed by atoms with Gasteiger partial charge in [-0.2, -0.15) is 0 Å². The first-order valence-corrected chi connectivity index (χ1v) is 8.61. The van der Waals surface area contributed by atoms with Crippen LogP contribution in [0, 0.1) is 20.8 Å². The van der Waals surface area contributed by atoms with Gasteiger partial charge in [-0.25, -0.2) is 0 Å². The van der Waals surface area contributed by atoms with E-state index in [0.29, 0.717) is 12.8 Å². The second-order valence-electron chi connectivity index (χ2n) is 5.62. The summed E-state index contributed by atoms with van der Waals surface area (Å²) in [6, 6.07) is 3.99. The third kappa shape index (κ3) is 3.28. The average Bonchev–Trinajstić information content (AvgIpc) is 3.08. The third-order valence-electron chi connectivity index (χ3n) is 3.62. The largest absolute Gasteiger partial charge is 0.373 e. The maximum absolute atomic E-state index is 13.3. The first-order valence-electron chi connectivity index (χ1n) is 6.80. The fourth-order valence-electron chi connectivity index (χ4n) is 2.29. The van der Waals surface area contributed by atoms with Gasteiger partial charge in [0, 0.05) is 5.30 Å². The summed E-state index contributed by atoms with van der Waals surface area (Å²) < 4.78 is 24.3. The summed E-state index contributed by atoms with van der Waals surface area (Å²) in [4.78, 5) is 0. The van der Waals surface area contributed by atoms with E-state index < -0.39 is 7.37 Å². The maximum atomic E-state index is 13.3. The minimum absolute atomic E-state index is 0.0504. The summed E-state index contributed by atoms with van der Waals surface area (Å²) in [6.07, 6.45) is 0.547. The molecule has 2 atom stereocenters. The molecular formula is C15H23O3P. The van der Waals surface area contributed by atoms with Crippen LogP contribution in [0.2, 0.25) is 0 Å². The zero-order valence-electron chi connectivity index (χ0n) is 12.4. The van der Waals surface area contributed by atoms with Gasteiger partial charge in [-0.3, -0.25) is 4.57 Å². The summed E-state index contributed by atoms with van der Waals surface area (Å²) in [5.74, 6) is 0. The average molecular weight is 282 g/mol. The molecule has 0 radical (unpaired) electrons. The van der Waals surface area contributed by atoms with Crippen molar-refractivity contribution in [1.82, 2.24) is 0 Å². The highest BCUT2D eigenvalue weighted by atomic mass is 31.2. The van der Waals surface area contributed by atoms with Crippen LogP contribution in [0.3, 0.4) is 0 Å². The van der Waals surface area contributed by atoms with Gasteiger partial charge in [0.2, 0.25) is 7.37 Å². The lowest BCUT2D eigenvalue weighted by molar-refractivity contribution is 0.247. The molecule has 1 fully saturated rings. The first-order chi connectivity index (χ1) is 8.83. The van der Waals surface area contributed by atoms with Crippen molar-refractivity contribution in [1.29, 1.82) is 0 Å². The van der Waals surface area contributed by atoms with Crippen molar-refractivity contribution in [2.24, 2.45) is 0 Å². The predicted molar refractivity (Wildman–Crippen MR) is 78.7 cm³/mol. The highest BCUT2D eigenvalue weighted by Gasteiger charge is 2.37. The highest BCUT2D eigenvalue weighted by Crippen LogP contribution is 2.50. The Hall–Kier alpha value is -0.630. The van der Waals surface area contributed by atoms with E-state index in [2.05, 4.69) is 13.8 Å². The number of hydrogen-bond donors (Lipinski definition) is 0. The van der Waals surface area contributed by atoms with E-state index in [1.165, 1.54) is 11.1 Å². The van der Waals surface area contributed by atoms with Gasteiger partial charge >= 0.3 is 0 Å². The van der Waals surface area contributed by atoms with Crippen LogP contribution < -0.4 is 5.30 Å². The molecule has 1 aromatic rings. The Kier molecular flexibility index (Phi) is 4.20. The molecule has 0 amide bonds. The Balaban J connectivity index is 2.42. The molecule has 2 rings (SSSR count). The monoisotopic (exact) mass is 282 g/mol. The maximum Gasteiger partial charge on any atom is 0.235 e. The fourth-order valence-corrected chi connectivity index (χ4v) is 5.10. The van der Waals surface area contributed by atoms with Crippen LogP contribution in [0.1, 0.15) is 30.5 Å². The molecule has 0 saturated carbocycles. The van der Waals surface area contributed by atoms with E-state index in [1.807, 2.05) is 32.9 Å². The normalized spacial score (nSPS) is 21.5. The van der Waals surface area contributed by atoms with E-state index in [-0.39, 0.29) is 12.2 Å². The van der Waals surface area contributed by atoms with Gasteiger partial charge in [0.25, 0.3) is 0 Å². The lowest BCUT2D eigenvalue weighted by Crippen LogP contribution is -2.20. The lowest BCUT2D eigenvalue weighted by Gasteiger charge is -2.23. The minimum Gasteiger partial charge on any atom is -0.373 e. The highest BCUT2D eigenvalue weighted by molar-refractivity contribution is 7.67. The van der Waals surface area contributed by atoms with Gasteiger partial charge in [0.1, 0.15) is 0 Å². The first kappa shape index (κ1) is 14.8. The SMILES string of the molecule is Cc1ccc(P(=O)(CC2CO2)OC(C)C)c(C)c1C. The molecular weight excluding hydrogens is 259 g/mol. The Morgan fingerprint density at radius 2 is 1.95 bits per heavy atom. The summed E-state index contributed by atoms with van der Waals surface area (Å²) in [7, 11) is -2.83. The molecule has 19 heavy (non-hydrogen) atoms. The molecule has 3 nitrogen and oxygen atoms in total. The van der Waals surface area contributed by atoms with Crippen molar-refractivity contribution >= 4 is 12.7 Å². The van der Waals surface area contributed by atoms with E-state index >= 15 is 0 Å². The fraction of sp³-hybridized carbons (Fsp3) is 0.600. The molecule has 1 heterocycles. The summed E-state index contributed by atoms with van der Waals surface area (Å²) >= 11 is 0. The predicted octanol–water partition coefficient (Wildman–Crippen LogP) is 3.34. The second-order valence-corrected chi connectivity index (χ2v) is 8.02. The molecule has 0 spiro atoms. The van der Waals surface area contributed by atoms with Crippen molar-refractivity contribution in [2.45, 2.75) is 46.8 Å². The van der Waals surface area contributed by atoms with E-state index in [9.17, 15) is 4.57 Å². The van der Waals surface area contributed by atoms with Gasteiger partial charge < -0.3 is 9.26 Å². The van der Waals surface area contributed by atoms with Gasteiger partial charge in [0.05, 0.1) is 25.0 Å². The molecule has 4 heteroatoms. The van der Waals surface area contributed by atoms with Crippen molar-refractivity contribution in [3.63, 3.8) is 0 Å². The Morgan fingerprint density at radius 3 is 2.47 bits per heavy atom. The number of ether oxygens (including phenoxy) is 1. The number of hydrogen-bond acceptors (Lipinski definition) is 3. The standard InChI is InChI=1S/C15H23O3P/c1-10(2)18-19(16,9-14-8-17-14)15-7-6-11(3)12(4)13(15)5/h6-7,10,14H,8-9H2,1-5H3. The lowest BCUT2D eigenvalue weighted by atomic mass is 10.1. The van der Waals surface area contributed by atoms with Crippen LogP contribution >= 0.6 is 7.37 Å². The van der Waals surface area contributed by atoms with E-state index in [4.69, 9.17) is 9.26 Å². The van der Waals surface area contributed by atoms with Crippen LogP contribution in [-0.4, -0.2) is 25.0 Å². The molecule has 0 aliphatic carbocycles. The molecule has 1 aliphatic heterocycles. The van der Waals surface area contributed by atoms with E-state index in [1.54, 1.807) is 0 Å². The van der Waals surface area contributed by atoms with Crippen LogP contribution in [0.4, 0.5) is 0 Å². The molecule has 0 bridgehead atoms. The van der Waals surface area contributed by atoms with E-state index in [0.717, 1.165) is 10.9 Å². The Morgan fingerprint density at radius 1 is 1.32 bits per heavy atom. The number of epoxide rings is 1. The van der Waals surface area contributed by atoms with Gasteiger partial charge in [0.15, 0.2) is 0 Å². The number of benzene rings is 1. The quantitative estimate of drug-likeness (QED) is 0.614. The Labute approximate surface area is 115 Å². The number of rotatable bonds is 5. The number of aryl methyl sites for hydroxylation is 1. The molecule has 0 aromatic heterocycles. The molecule has 1 saturated heterocycles. The van der Waals surface area contributed by atoms with Crippen molar-refractivity contribution in [2.75, 3.05) is 12.8 Å². The molecule has 106 valence electrons. The van der Waals surface area contributed by atoms with Crippen LogP contribution in [0.15, 0.2) is 12.1 Å². The van der Waals surface area contributed by atoms with Crippen molar-refractivity contribution in [3.8, 4) is 0 Å². The molecule has 1 aliphatic rings.